The van der Waals surface area contributed by atoms with Gasteiger partial charge < -0.3 is 5.32 Å². The maximum atomic E-state index is 13.9. The van der Waals surface area contributed by atoms with Crippen LogP contribution in [0.5, 0.6) is 0 Å². The molecule has 3 amide bonds. The first-order valence-electron chi connectivity index (χ1n) is 12.4. The van der Waals surface area contributed by atoms with Gasteiger partial charge in [-0.25, -0.2) is 13.8 Å². The molecule has 37 heavy (non-hydrogen) atoms. The Hall–Kier alpha value is -4.07. The number of hydrazine groups is 1. The van der Waals surface area contributed by atoms with Crippen molar-refractivity contribution < 1.29 is 23.2 Å². The molecule has 0 spiro atoms. The lowest BCUT2D eigenvalue weighted by Crippen LogP contribution is -2.54. The minimum Gasteiger partial charge on any atom is -0.344 e. The van der Waals surface area contributed by atoms with Crippen LogP contribution in [0.25, 0.3) is 11.1 Å². The van der Waals surface area contributed by atoms with Crippen molar-refractivity contribution in [1.29, 1.82) is 0 Å². The molecule has 1 aliphatic heterocycles. The molecule has 3 aromatic carbocycles. The second-order valence-corrected chi connectivity index (χ2v) is 9.73. The highest BCUT2D eigenvalue weighted by atomic mass is 19.1. The molecule has 1 unspecified atom stereocenters. The zero-order valence-electron chi connectivity index (χ0n) is 20.3. The van der Waals surface area contributed by atoms with Crippen LogP contribution in [0.3, 0.4) is 0 Å². The van der Waals surface area contributed by atoms with Crippen LogP contribution >= 0.6 is 0 Å². The largest absolute Gasteiger partial charge is 0.344 e. The lowest BCUT2D eigenvalue weighted by Gasteiger charge is -2.28. The van der Waals surface area contributed by atoms with Crippen molar-refractivity contribution >= 4 is 23.4 Å². The van der Waals surface area contributed by atoms with Gasteiger partial charge in [0.25, 0.3) is 11.8 Å². The molecule has 2 N–H and O–H groups in total. The van der Waals surface area contributed by atoms with E-state index < -0.39 is 35.4 Å². The maximum absolute atomic E-state index is 13.9. The van der Waals surface area contributed by atoms with E-state index in [4.69, 9.17) is 0 Å². The number of nitrogens with one attached hydrogen (secondary N) is 2. The zero-order valence-corrected chi connectivity index (χ0v) is 20.3. The molecule has 5 rings (SSSR count). The number of benzene rings is 3. The number of carbonyl (C=O) groups excluding carboxylic acids is 3. The summed E-state index contributed by atoms with van der Waals surface area (Å²) in [6, 6.07) is 17.1. The van der Waals surface area contributed by atoms with Crippen LogP contribution in [-0.4, -0.2) is 23.8 Å². The summed E-state index contributed by atoms with van der Waals surface area (Å²) < 4.78 is 26.9. The summed E-state index contributed by atoms with van der Waals surface area (Å²) in [6.45, 7) is 1.49. The van der Waals surface area contributed by atoms with E-state index in [2.05, 4.69) is 10.7 Å². The maximum Gasteiger partial charge on any atom is 0.261 e. The number of carbonyl (C=O) groups is 3. The molecule has 1 heterocycles. The van der Waals surface area contributed by atoms with Crippen molar-refractivity contribution in [1.82, 2.24) is 10.7 Å². The SMILES string of the molecule is C[C@H](NC(=O)Cc1cc(F)cc(F)c1)C(=O)NN1C(=O)C(CC2CC2)c2ccccc2-c2ccccc21. The normalized spacial score (nSPS) is 17.3. The smallest absolute Gasteiger partial charge is 0.261 e. The molecule has 1 saturated carbocycles. The summed E-state index contributed by atoms with van der Waals surface area (Å²) in [6.07, 6.45) is 2.58. The highest BCUT2D eigenvalue weighted by Gasteiger charge is 2.38. The Morgan fingerprint density at radius 2 is 1.62 bits per heavy atom. The molecule has 1 aliphatic carbocycles. The topological polar surface area (TPSA) is 78.5 Å². The number of nitrogens with zero attached hydrogens (tertiary/aromatic N) is 1. The van der Waals surface area contributed by atoms with Crippen molar-refractivity contribution in [3.05, 3.63) is 89.5 Å². The Morgan fingerprint density at radius 3 is 2.32 bits per heavy atom. The molecule has 2 atom stereocenters. The summed E-state index contributed by atoms with van der Waals surface area (Å²) in [5.74, 6) is -2.89. The highest BCUT2D eigenvalue weighted by molar-refractivity contribution is 6.07. The van der Waals surface area contributed by atoms with Crippen molar-refractivity contribution in [2.24, 2.45) is 5.92 Å². The lowest BCUT2D eigenvalue weighted by atomic mass is 9.88. The number of hydrogen-bond donors (Lipinski definition) is 2. The van der Waals surface area contributed by atoms with Gasteiger partial charge in [0, 0.05) is 11.6 Å². The van der Waals surface area contributed by atoms with Gasteiger partial charge in [-0.1, -0.05) is 55.3 Å². The fourth-order valence-corrected chi connectivity index (χ4v) is 4.84. The first kappa shape index (κ1) is 24.6. The van der Waals surface area contributed by atoms with Gasteiger partial charge >= 0.3 is 0 Å². The average Bonchev–Trinajstić information content (AvgIpc) is 3.69. The van der Waals surface area contributed by atoms with Crippen molar-refractivity contribution in [3.8, 4) is 11.1 Å². The molecule has 3 aromatic rings. The second kappa shape index (κ2) is 10.1. The van der Waals surface area contributed by atoms with Gasteiger partial charge in [0.15, 0.2) is 0 Å². The number of hydrogen-bond acceptors (Lipinski definition) is 3. The van der Waals surface area contributed by atoms with E-state index in [0.717, 1.165) is 47.7 Å². The Kier molecular flexibility index (Phi) is 6.74. The fraction of sp³-hybridized carbons (Fsp3) is 0.276. The van der Waals surface area contributed by atoms with Crippen molar-refractivity contribution in [2.45, 2.75) is 44.6 Å². The number of rotatable bonds is 7. The van der Waals surface area contributed by atoms with E-state index in [1.54, 1.807) is 12.1 Å². The van der Waals surface area contributed by atoms with Gasteiger partial charge in [0.2, 0.25) is 5.91 Å². The molecule has 2 aliphatic rings. The summed E-state index contributed by atoms with van der Waals surface area (Å²) in [4.78, 5) is 39.5. The van der Waals surface area contributed by atoms with Crippen LogP contribution in [0, 0.1) is 17.6 Å². The number of halogens is 2. The Balaban J connectivity index is 1.36. The van der Waals surface area contributed by atoms with Crippen LogP contribution in [0.1, 0.15) is 43.2 Å². The Morgan fingerprint density at radius 1 is 0.973 bits per heavy atom. The molecule has 0 saturated heterocycles. The Labute approximate surface area is 213 Å². The standard InChI is InChI=1S/C29H27F2N3O3/c1-17(32-27(35)15-19-12-20(30)16-21(31)13-19)28(36)33-34-26-9-5-4-8-24(26)22-6-2-3-7-23(22)25(29(34)37)14-18-10-11-18/h2-9,12-13,16-18,25H,10-11,14-15H2,1H3,(H,32,35)(H,33,36)/t17-,25?/m0/s1. The third-order valence-electron chi connectivity index (χ3n) is 6.84. The van der Waals surface area contributed by atoms with Crippen LogP contribution in [0.4, 0.5) is 14.5 Å². The molecular formula is C29H27F2N3O3. The van der Waals surface area contributed by atoms with E-state index in [0.29, 0.717) is 18.0 Å². The predicted octanol–water partition coefficient (Wildman–Crippen LogP) is 4.64. The third-order valence-corrected chi connectivity index (χ3v) is 6.84. The van der Waals surface area contributed by atoms with E-state index >= 15 is 0 Å². The Bertz CT molecular complexity index is 1350. The van der Waals surface area contributed by atoms with Gasteiger partial charge in [-0.15, -0.1) is 0 Å². The van der Waals surface area contributed by atoms with Crippen LogP contribution in [0.15, 0.2) is 66.7 Å². The number of amides is 3. The molecule has 6 nitrogen and oxygen atoms in total. The van der Waals surface area contributed by atoms with Crippen LogP contribution < -0.4 is 15.8 Å². The van der Waals surface area contributed by atoms with Crippen LogP contribution in [-0.2, 0) is 20.8 Å². The van der Waals surface area contributed by atoms with Crippen molar-refractivity contribution in [3.63, 3.8) is 0 Å². The number of anilines is 1. The summed E-state index contributed by atoms with van der Waals surface area (Å²) >= 11 is 0. The summed E-state index contributed by atoms with van der Waals surface area (Å²) in [5.41, 5.74) is 6.15. The molecule has 0 aromatic heterocycles. The van der Waals surface area contributed by atoms with Crippen LogP contribution in [0.2, 0.25) is 0 Å². The van der Waals surface area contributed by atoms with Crippen molar-refractivity contribution in [2.75, 3.05) is 5.01 Å². The minimum atomic E-state index is -1.00. The lowest BCUT2D eigenvalue weighted by molar-refractivity contribution is -0.130. The van der Waals surface area contributed by atoms with E-state index in [1.165, 1.54) is 11.9 Å². The predicted molar refractivity (Wildman–Crippen MR) is 135 cm³/mol. The number of para-hydroxylation sites is 1. The quantitative estimate of drug-likeness (QED) is 0.493. The molecule has 1 fully saturated rings. The zero-order chi connectivity index (χ0) is 26.1. The first-order chi connectivity index (χ1) is 17.8. The second-order valence-electron chi connectivity index (χ2n) is 9.73. The molecule has 8 heteroatoms. The fourth-order valence-electron chi connectivity index (χ4n) is 4.84. The minimum absolute atomic E-state index is 0.153. The van der Waals surface area contributed by atoms with Gasteiger partial charge in [-0.3, -0.25) is 19.8 Å². The van der Waals surface area contributed by atoms with E-state index in [-0.39, 0.29) is 17.9 Å². The van der Waals surface area contributed by atoms with Gasteiger partial charge in [0.1, 0.15) is 17.7 Å². The van der Waals surface area contributed by atoms with Gasteiger partial charge in [-0.2, -0.15) is 0 Å². The van der Waals surface area contributed by atoms with Gasteiger partial charge in [-0.05, 0) is 54.2 Å². The molecular weight excluding hydrogens is 476 g/mol. The van der Waals surface area contributed by atoms with E-state index in [9.17, 15) is 23.2 Å². The molecule has 0 bridgehead atoms. The summed E-state index contributed by atoms with van der Waals surface area (Å²) in [7, 11) is 0. The molecule has 0 radical (unpaired) electrons. The highest BCUT2D eigenvalue weighted by Crippen LogP contribution is 2.45. The third kappa shape index (κ3) is 5.38. The first-order valence-corrected chi connectivity index (χ1v) is 12.4. The number of fused-ring (bicyclic) bond motifs is 3. The summed E-state index contributed by atoms with van der Waals surface area (Å²) in [5, 5.41) is 3.85. The molecule has 190 valence electrons. The van der Waals surface area contributed by atoms with Gasteiger partial charge in [0.05, 0.1) is 18.0 Å². The monoisotopic (exact) mass is 503 g/mol. The van der Waals surface area contributed by atoms with E-state index in [1.807, 2.05) is 36.4 Å². The average molecular weight is 504 g/mol.